The van der Waals surface area contributed by atoms with E-state index in [-0.39, 0.29) is 5.41 Å². The molecule has 11 heavy (non-hydrogen) atoms. The lowest BCUT2D eigenvalue weighted by Gasteiger charge is -2.09. The lowest BCUT2D eigenvalue weighted by Crippen LogP contribution is -2.08. The molecule has 1 atom stereocenters. The summed E-state index contributed by atoms with van der Waals surface area (Å²) in [4.78, 5) is 0. The van der Waals surface area contributed by atoms with E-state index >= 15 is 0 Å². The molecule has 0 amide bonds. The maximum atomic E-state index is 5.68. The monoisotopic (exact) mass is 148 g/mol. The Labute approximate surface area is 68.3 Å². The van der Waals surface area contributed by atoms with Gasteiger partial charge in [-0.05, 0) is 31.6 Å². The van der Waals surface area contributed by atoms with E-state index in [1.54, 1.807) is 0 Å². The fraction of sp³-hybridized carbons (Fsp3) is 0.300. The maximum absolute atomic E-state index is 5.68. The van der Waals surface area contributed by atoms with Gasteiger partial charge in [0.25, 0.3) is 0 Å². The molecular formula is C10H14N+. The molecule has 1 unspecified atom stereocenters. The van der Waals surface area contributed by atoms with Crippen LogP contribution in [0.1, 0.15) is 13.3 Å². The van der Waals surface area contributed by atoms with Crippen molar-refractivity contribution in [2.24, 2.45) is 11.1 Å². The molecule has 0 aliphatic heterocycles. The van der Waals surface area contributed by atoms with E-state index in [0.29, 0.717) is 0 Å². The largest absolute Gasteiger partial charge is 0.399 e. The highest BCUT2D eigenvalue weighted by atomic mass is 14.6. The van der Waals surface area contributed by atoms with Crippen molar-refractivity contribution < 1.29 is 0 Å². The number of allylic oxidation sites excluding steroid dienone is 5. The highest BCUT2D eigenvalue weighted by molar-refractivity contribution is 5.25. The molecule has 0 aromatic rings. The Kier molecular flexibility index (Phi) is 2.08. The quantitative estimate of drug-likeness (QED) is 0.413. The first-order valence-corrected chi connectivity index (χ1v) is 3.78. The molecule has 0 bridgehead atoms. The van der Waals surface area contributed by atoms with Crippen LogP contribution in [0, 0.1) is 12.3 Å². The van der Waals surface area contributed by atoms with Crippen LogP contribution in [0.5, 0.6) is 0 Å². The van der Waals surface area contributed by atoms with E-state index in [4.69, 9.17) is 5.73 Å². The van der Waals surface area contributed by atoms with Gasteiger partial charge in [-0.3, -0.25) is 0 Å². The predicted octanol–water partition coefficient (Wildman–Crippen LogP) is 2.19. The average molecular weight is 148 g/mol. The van der Waals surface area contributed by atoms with Gasteiger partial charge in [-0.2, -0.15) is 0 Å². The zero-order valence-corrected chi connectivity index (χ0v) is 6.88. The summed E-state index contributed by atoms with van der Waals surface area (Å²) in [7, 11) is 0. The number of rotatable bonds is 0. The lowest BCUT2D eigenvalue weighted by atomic mass is 9.90. The van der Waals surface area contributed by atoms with Gasteiger partial charge in [-0.15, -0.1) is 0 Å². The fourth-order valence-electron chi connectivity index (χ4n) is 1.10. The van der Waals surface area contributed by atoms with Crippen molar-refractivity contribution in [3.63, 3.8) is 0 Å². The smallest absolute Gasteiger partial charge is 0.141 e. The van der Waals surface area contributed by atoms with Crippen molar-refractivity contribution in [2.45, 2.75) is 13.3 Å². The zero-order chi connectivity index (χ0) is 8.32. The van der Waals surface area contributed by atoms with Gasteiger partial charge in [0, 0.05) is 5.70 Å². The van der Waals surface area contributed by atoms with Crippen LogP contribution < -0.4 is 5.73 Å². The Bertz CT molecular complexity index is 219. The first-order chi connectivity index (χ1) is 5.10. The normalized spacial score (nSPS) is 36.6. The predicted molar refractivity (Wildman–Crippen MR) is 48.6 cm³/mol. The number of nitrogens with two attached hydrogens (primary N) is 1. The van der Waals surface area contributed by atoms with Gasteiger partial charge in [-0.25, -0.2) is 0 Å². The van der Waals surface area contributed by atoms with E-state index in [0.717, 1.165) is 12.1 Å². The minimum absolute atomic E-state index is 0.144. The van der Waals surface area contributed by atoms with Crippen LogP contribution in [0.25, 0.3) is 0 Å². The van der Waals surface area contributed by atoms with Crippen molar-refractivity contribution in [2.75, 3.05) is 0 Å². The minimum Gasteiger partial charge on any atom is -0.399 e. The molecule has 0 aromatic heterocycles. The fourth-order valence-corrected chi connectivity index (χ4v) is 1.10. The van der Waals surface area contributed by atoms with E-state index in [9.17, 15) is 0 Å². The van der Waals surface area contributed by atoms with Gasteiger partial charge in [-0.1, -0.05) is 12.2 Å². The second-order valence-corrected chi connectivity index (χ2v) is 3.19. The third-order valence-electron chi connectivity index (χ3n) is 1.58. The Morgan fingerprint density at radius 3 is 3.00 bits per heavy atom. The van der Waals surface area contributed by atoms with Crippen molar-refractivity contribution in [1.82, 2.24) is 0 Å². The molecule has 1 aliphatic carbocycles. The minimum atomic E-state index is -0.144. The topological polar surface area (TPSA) is 26.0 Å². The van der Waals surface area contributed by atoms with E-state index < -0.39 is 0 Å². The first-order valence-electron chi connectivity index (χ1n) is 3.78. The molecule has 58 valence electrons. The van der Waals surface area contributed by atoms with Crippen molar-refractivity contribution in [1.29, 1.82) is 0 Å². The molecule has 1 aliphatic rings. The summed E-state index contributed by atoms with van der Waals surface area (Å²) in [6, 6.07) is 0. The summed E-state index contributed by atoms with van der Waals surface area (Å²) in [6.45, 7) is 6.04. The molecule has 1 rings (SSSR count). The van der Waals surface area contributed by atoms with Gasteiger partial charge in [0.15, 0.2) is 0 Å². The van der Waals surface area contributed by atoms with Gasteiger partial charge >= 0.3 is 0 Å². The van der Waals surface area contributed by atoms with Crippen LogP contribution in [-0.2, 0) is 0 Å². The lowest BCUT2D eigenvalue weighted by molar-refractivity contribution is 0.701. The van der Waals surface area contributed by atoms with Gasteiger partial charge < -0.3 is 5.73 Å². The summed E-state index contributed by atoms with van der Waals surface area (Å²) in [5.74, 6) is 0. The Hall–Kier alpha value is -1.11. The first kappa shape index (κ1) is 7.99. The molecule has 0 aromatic carbocycles. The second-order valence-electron chi connectivity index (χ2n) is 3.19. The molecule has 0 fully saturated rings. The summed E-state index contributed by atoms with van der Waals surface area (Å²) >= 11 is 0. The van der Waals surface area contributed by atoms with E-state index in [1.807, 2.05) is 25.2 Å². The van der Waals surface area contributed by atoms with Gasteiger partial charge in [0.2, 0.25) is 0 Å². The standard InChI is InChI=1S/C10H14N/c1-10(2)7-5-3-4-6-9(11)8-10/h4-8H,1,3,11H2,2H3/q+1/b6-4-,7-5-,9-8?. The summed E-state index contributed by atoms with van der Waals surface area (Å²) in [5.41, 5.74) is 6.33. The van der Waals surface area contributed by atoms with Crippen LogP contribution in [0.3, 0.4) is 0 Å². The molecule has 0 spiro atoms. The Balaban J connectivity index is 2.92. The summed E-state index contributed by atoms with van der Waals surface area (Å²) in [6.07, 6.45) is 11.0. The zero-order valence-electron chi connectivity index (χ0n) is 6.88. The second kappa shape index (κ2) is 2.87. The third-order valence-corrected chi connectivity index (χ3v) is 1.58. The van der Waals surface area contributed by atoms with E-state index in [2.05, 4.69) is 19.1 Å². The maximum Gasteiger partial charge on any atom is 0.141 e. The summed E-state index contributed by atoms with van der Waals surface area (Å²) in [5, 5.41) is 0. The molecule has 0 radical (unpaired) electrons. The van der Waals surface area contributed by atoms with Gasteiger partial charge in [0.1, 0.15) is 5.41 Å². The third kappa shape index (κ3) is 2.54. The molecule has 0 heterocycles. The van der Waals surface area contributed by atoms with Crippen LogP contribution in [0.4, 0.5) is 0 Å². The summed E-state index contributed by atoms with van der Waals surface area (Å²) < 4.78 is 0. The average Bonchev–Trinajstić information content (AvgIpc) is 1.82. The molecule has 0 saturated heterocycles. The van der Waals surface area contributed by atoms with Crippen LogP contribution in [-0.4, -0.2) is 0 Å². The molecule has 2 N–H and O–H groups in total. The number of hydrogen-bond donors (Lipinski definition) is 1. The Morgan fingerprint density at radius 1 is 1.55 bits per heavy atom. The highest BCUT2D eigenvalue weighted by Gasteiger charge is 2.18. The molecular weight excluding hydrogens is 134 g/mol. The van der Waals surface area contributed by atoms with Crippen LogP contribution >= 0.6 is 0 Å². The van der Waals surface area contributed by atoms with Crippen molar-refractivity contribution in [3.8, 4) is 0 Å². The van der Waals surface area contributed by atoms with Crippen molar-refractivity contribution in [3.05, 3.63) is 43.0 Å². The Morgan fingerprint density at radius 2 is 2.27 bits per heavy atom. The van der Waals surface area contributed by atoms with Crippen molar-refractivity contribution >= 4 is 0 Å². The number of hydrogen-bond acceptors (Lipinski definition) is 1. The highest BCUT2D eigenvalue weighted by Crippen LogP contribution is 2.21. The van der Waals surface area contributed by atoms with Crippen LogP contribution in [0.2, 0.25) is 0 Å². The SMILES string of the molecule is [CH2+]C1(C)C=C(N)/C=C\C/C=C\1. The van der Waals surface area contributed by atoms with Gasteiger partial charge in [0.05, 0.1) is 6.92 Å². The van der Waals surface area contributed by atoms with Crippen LogP contribution in [0.15, 0.2) is 36.1 Å². The molecule has 1 nitrogen and oxygen atoms in total. The molecule has 1 heteroatoms. The van der Waals surface area contributed by atoms with E-state index in [1.165, 1.54) is 0 Å². The molecule has 0 saturated carbocycles.